The molecule has 5 nitrogen and oxygen atoms in total. The highest BCUT2D eigenvalue weighted by molar-refractivity contribution is 5.80. The Morgan fingerprint density at radius 2 is 1.82 bits per heavy atom. The molecule has 0 spiro atoms. The van der Waals surface area contributed by atoms with Crippen LogP contribution in [0.1, 0.15) is 39.2 Å². The molecule has 22 heavy (non-hydrogen) atoms. The molecule has 1 fully saturated rings. The molecule has 0 saturated heterocycles. The van der Waals surface area contributed by atoms with Crippen molar-refractivity contribution in [3.05, 3.63) is 35.9 Å². The lowest BCUT2D eigenvalue weighted by Gasteiger charge is -2.35. The molecule has 0 aliphatic heterocycles. The van der Waals surface area contributed by atoms with Gasteiger partial charge in [0.1, 0.15) is 5.60 Å². The van der Waals surface area contributed by atoms with E-state index in [1.54, 1.807) is 0 Å². The first-order valence-corrected chi connectivity index (χ1v) is 7.64. The van der Waals surface area contributed by atoms with Crippen LogP contribution in [0, 0.1) is 5.92 Å². The molecule has 0 aromatic heterocycles. The molecule has 0 atom stereocenters. The van der Waals surface area contributed by atoms with E-state index < -0.39 is 11.7 Å². The molecule has 2 rings (SSSR count). The number of carbonyl (C=O) groups excluding carboxylic acids is 2. The van der Waals surface area contributed by atoms with E-state index >= 15 is 0 Å². The standard InChI is InChI=1S/C17H24N2O3/c1-17(2,3)22-16(21)19-14-9-13(10-14)15(20)18-11-12-7-5-4-6-8-12/h4-8,13-14H,9-11H2,1-3H3,(H,18,20)(H,19,21)/t13-,14-. The summed E-state index contributed by atoms with van der Waals surface area (Å²) in [6.45, 7) is 6.02. The predicted molar refractivity (Wildman–Crippen MR) is 84.2 cm³/mol. The van der Waals surface area contributed by atoms with Crippen LogP contribution in [-0.2, 0) is 16.1 Å². The fourth-order valence-corrected chi connectivity index (χ4v) is 2.35. The minimum Gasteiger partial charge on any atom is -0.444 e. The van der Waals surface area contributed by atoms with Crippen LogP contribution in [0.3, 0.4) is 0 Å². The third-order valence-electron chi connectivity index (χ3n) is 3.54. The number of ether oxygens (including phenoxy) is 1. The lowest BCUT2D eigenvalue weighted by Crippen LogP contribution is -2.50. The topological polar surface area (TPSA) is 67.4 Å². The van der Waals surface area contributed by atoms with Crippen LogP contribution in [0.4, 0.5) is 4.79 Å². The van der Waals surface area contributed by atoms with Crippen LogP contribution in [-0.4, -0.2) is 23.6 Å². The van der Waals surface area contributed by atoms with Gasteiger partial charge < -0.3 is 15.4 Å². The number of hydrogen-bond donors (Lipinski definition) is 2. The van der Waals surface area contributed by atoms with Crippen molar-refractivity contribution in [3.63, 3.8) is 0 Å². The lowest BCUT2D eigenvalue weighted by molar-refractivity contribution is -0.128. The number of amides is 2. The van der Waals surface area contributed by atoms with Gasteiger partial charge >= 0.3 is 6.09 Å². The second-order valence-electron chi connectivity index (χ2n) is 6.71. The maximum absolute atomic E-state index is 12.0. The summed E-state index contributed by atoms with van der Waals surface area (Å²) in [5.74, 6) is 0.0229. The normalized spacial score (nSPS) is 20.7. The van der Waals surface area contributed by atoms with Crippen molar-refractivity contribution in [2.45, 2.75) is 51.8 Å². The Hall–Kier alpha value is -2.04. The summed E-state index contributed by atoms with van der Waals surface area (Å²) < 4.78 is 5.19. The van der Waals surface area contributed by atoms with Crippen LogP contribution < -0.4 is 10.6 Å². The van der Waals surface area contributed by atoms with Crippen molar-refractivity contribution >= 4 is 12.0 Å². The van der Waals surface area contributed by atoms with E-state index in [9.17, 15) is 9.59 Å². The van der Waals surface area contributed by atoms with Crippen molar-refractivity contribution in [2.75, 3.05) is 0 Å². The summed E-state index contributed by atoms with van der Waals surface area (Å²) in [5, 5.41) is 5.72. The predicted octanol–water partition coefficient (Wildman–Crippen LogP) is 2.61. The monoisotopic (exact) mass is 304 g/mol. The lowest BCUT2D eigenvalue weighted by atomic mass is 9.79. The summed E-state index contributed by atoms with van der Waals surface area (Å²) in [6.07, 6.45) is 0.917. The van der Waals surface area contributed by atoms with Gasteiger partial charge in [0.25, 0.3) is 0 Å². The molecule has 1 aliphatic carbocycles. The van der Waals surface area contributed by atoms with Gasteiger partial charge in [0.15, 0.2) is 0 Å². The summed E-state index contributed by atoms with van der Waals surface area (Å²) in [5.41, 5.74) is 0.582. The average Bonchev–Trinajstić information content (AvgIpc) is 2.39. The van der Waals surface area contributed by atoms with Crippen molar-refractivity contribution in [3.8, 4) is 0 Å². The van der Waals surface area contributed by atoms with Gasteiger partial charge in [0.05, 0.1) is 0 Å². The number of hydrogen-bond acceptors (Lipinski definition) is 3. The van der Waals surface area contributed by atoms with Gasteiger partial charge in [0.2, 0.25) is 5.91 Å². The fourth-order valence-electron chi connectivity index (χ4n) is 2.35. The van der Waals surface area contributed by atoms with Crippen molar-refractivity contribution in [2.24, 2.45) is 5.92 Å². The Morgan fingerprint density at radius 3 is 2.41 bits per heavy atom. The van der Waals surface area contributed by atoms with E-state index in [-0.39, 0.29) is 17.9 Å². The van der Waals surface area contributed by atoms with Crippen molar-refractivity contribution in [1.29, 1.82) is 0 Å². The molecule has 0 bridgehead atoms. The van der Waals surface area contributed by atoms with Crippen molar-refractivity contribution < 1.29 is 14.3 Å². The van der Waals surface area contributed by atoms with Gasteiger partial charge in [0, 0.05) is 18.5 Å². The van der Waals surface area contributed by atoms with Crippen LogP contribution in [0.5, 0.6) is 0 Å². The first-order valence-electron chi connectivity index (χ1n) is 7.64. The van der Waals surface area contributed by atoms with Crippen LogP contribution in [0.15, 0.2) is 30.3 Å². The number of nitrogens with one attached hydrogen (secondary N) is 2. The molecule has 1 aromatic rings. The van der Waals surface area contributed by atoms with E-state index in [0.29, 0.717) is 19.4 Å². The van der Waals surface area contributed by atoms with E-state index in [0.717, 1.165) is 5.56 Å². The highest BCUT2D eigenvalue weighted by Gasteiger charge is 2.36. The van der Waals surface area contributed by atoms with Gasteiger partial charge in [-0.3, -0.25) is 4.79 Å². The fraction of sp³-hybridized carbons (Fsp3) is 0.529. The average molecular weight is 304 g/mol. The Balaban J connectivity index is 1.66. The molecule has 1 aliphatic rings. The Bertz CT molecular complexity index is 516. The molecular formula is C17H24N2O3. The third kappa shape index (κ3) is 5.06. The first kappa shape index (κ1) is 16.3. The number of alkyl carbamates (subject to hydrolysis) is 1. The molecule has 2 N–H and O–H groups in total. The molecule has 1 saturated carbocycles. The van der Waals surface area contributed by atoms with Crippen molar-refractivity contribution in [1.82, 2.24) is 10.6 Å². The maximum Gasteiger partial charge on any atom is 0.407 e. The zero-order chi connectivity index (χ0) is 16.2. The zero-order valence-electron chi connectivity index (χ0n) is 13.4. The molecular weight excluding hydrogens is 280 g/mol. The Kier molecular flexibility index (Phi) is 5.06. The van der Waals surface area contributed by atoms with Gasteiger partial charge in [-0.1, -0.05) is 30.3 Å². The number of benzene rings is 1. The highest BCUT2D eigenvalue weighted by atomic mass is 16.6. The minimum absolute atomic E-state index is 0.0244. The van der Waals surface area contributed by atoms with Gasteiger partial charge in [-0.05, 0) is 39.2 Å². The SMILES string of the molecule is CC(C)(C)OC(=O)N[C@H]1C[C@H](C(=O)NCc2ccccc2)C1. The summed E-state index contributed by atoms with van der Waals surface area (Å²) in [7, 11) is 0. The molecule has 1 aromatic carbocycles. The Labute approximate surface area is 131 Å². The van der Waals surface area contributed by atoms with Crippen LogP contribution >= 0.6 is 0 Å². The molecule has 0 unspecified atom stereocenters. The quantitative estimate of drug-likeness (QED) is 0.898. The minimum atomic E-state index is -0.500. The highest BCUT2D eigenvalue weighted by Crippen LogP contribution is 2.28. The molecule has 0 radical (unpaired) electrons. The van der Waals surface area contributed by atoms with E-state index in [4.69, 9.17) is 4.74 Å². The summed E-state index contributed by atoms with van der Waals surface area (Å²) >= 11 is 0. The largest absolute Gasteiger partial charge is 0.444 e. The second kappa shape index (κ2) is 6.81. The van der Waals surface area contributed by atoms with E-state index in [1.165, 1.54) is 0 Å². The molecule has 2 amide bonds. The van der Waals surface area contributed by atoms with Gasteiger partial charge in [-0.2, -0.15) is 0 Å². The second-order valence-corrected chi connectivity index (χ2v) is 6.71. The summed E-state index contributed by atoms with van der Waals surface area (Å²) in [6, 6.07) is 9.84. The van der Waals surface area contributed by atoms with Gasteiger partial charge in [-0.25, -0.2) is 4.79 Å². The van der Waals surface area contributed by atoms with Gasteiger partial charge in [-0.15, -0.1) is 0 Å². The van der Waals surface area contributed by atoms with Crippen LogP contribution in [0.2, 0.25) is 0 Å². The van der Waals surface area contributed by atoms with E-state index in [2.05, 4.69) is 10.6 Å². The molecule has 0 heterocycles. The van der Waals surface area contributed by atoms with Crippen LogP contribution in [0.25, 0.3) is 0 Å². The Morgan fingerprint density at radius 1 is 1.18 bits per heavy atom. The summed E-state index contributed by atoms with van der Waals surface area (Å²) in [4.78, 5) is 23.6. The third-order valence-corrected chi connectivity index (χ3v) is 3.54. The maximum atomic E-state index is 12.0. The molecule has 5 heteroatoms. The first-order chi connectivity index (χ1) is 10.3. The smallest absolute Gasteiger partial charge is 0.407 e. The number of carbonyl (C=O) groups is 2. The zero-order valence-corrected chi connectivity index (χ0v) is 13.4. The number of rotatable bonds is 4. The van der Waals surface area contributed by atoms with E-state index in [1.807, 2.05) is 51.1 Å². The molecule has 120 valence electrons.